The zero-order chi connectivity index (χ0) is 16.8. The first-order valence-corrected chi connectivity index (χ1v) is 7.45. The molecule has 24 heavy (non-hydrogen) atoms. The predicted molar refractivity (Wildman–Crippen MR) is 88.6 cm³/mol. The summed E-state index contributed by atoms with van der Waals surface area (Å²) in [7, 11) is 4.98. The van der Waals surface area contributed by atoms with Gasteiger partial charge in [-0.1, -0.05) is 0 Å². The number of halogens is 1. The Morgan fingerprint density at radius 3 is 2.50 bits per heavy atom. The van der Waals surface area contributed by atoms with E-state index in [-0.39, 0.29) is 5.28 Å². The van der Waals surface area contributed by atoms with Gasteiger partial charge in [0, 0.05) is 24.7 Å². The Morgan fingerprint density at radius 1 is 1.08 bits per heavy atom. The molecular weight excluding hydrogens is 332 g/mol. The van der Waals surface area contributed by atoms with Gasteiger partial charge in [-0.25, -0.2) is 9.97 Å². The van der Waals surface area contributed by atoms with Crippen molar-refractivity contribution >= 4 is 28.2 Å². The molecule has 0 aliphatic rings. The van der Waals surface area contributed by atoms with Gasteiger partial charge < -0.3 is 9.47 Å². The van der Waals surface area contributed by atoms with Crippen LogP contribution in [0.15, 0.2) is 24.5 Å². The number of rotatable bonds is 3. The molecule has 9 heteroatoms. The second kappa shape index (κ2) is 5.34. The summed E-state index contributed by atoms with van der Waals surface area (Å²) in [4.78, 5) is 8.96. The molecule has 122 valence electrons. The normalized spacial score (nSPS) is 11.3. The van der Waals surface area contributed by atoms with Gasteiger partial charge in [-0.05, 0) is 17.7 Å². The molecule has 0 atom stereocenters. The molecular formula is C15H13ClN6O2. The molecule has 0 spiro atoms. The maximum absolute atomic E-state index is 6.27. The number of nitrogens with zero attached hydrogens (tertiary/aromatic N) is 6. The number of hydrogen-bond donors (Lipinski definition) is 0. The van der Waals surface area contributed by atoms with E-state index in [1.54, 1.807) is 31.2 Å². The Balaban J connectivity index is 2.03. The van der Waals surface area contributed by atoms with Crippen molar-refractivity contribution in [2.24, 2.45) is 7.05 Å². The van der Waals surface area contributed by atoms with Crippen molar-refractivity contribution in [3.8, 4) is 22.9 Å². The topological polar surface area (TPSA) is 79.4 Å². The highest BCUT2D eigenvalue weighted by atomic mass is 35.5. The van der Waals surface area contributed by atoms with Gasteiger partial charge in [0.15, 0.2) is 23.0 Å². The number of benzene rings is 1. The maximum Gasteiger partial charge on any atom is 0.226 e. The van der Waals surface area contributed by atoms with Crippen molar-refractivity contribution in [2.75, 3.05) is 14.2 Å². The largest absolute Gasteiger partial charge is 0.493 e. The van der Waals surface area contributed by atoms with Crippen LogP contribution in [0, 0.1) is 0 Å². The zero-order valence-corrected chi connectivity index (χ0v) is 13.9. The van der Waals surface area contributed by atoms with E-state index in [1.807, 2.05) is 19.3 Å². The Morgan fingerprint density at radius 2 is 1.83 bits per heavy atom. The minimum Gasteiger partial charge on any atom is -0.493 e. The first-order chi connectivity index (χ1) is 11.6. The van der Waals surface area contributed by atoms with Gasteiger partial charge >= 0.3 is 0 Å². The fraction of sp³-hybridized carbons (Fsp3) is 0.200. The monoisotopic (exact) mass is 344 g/mol. The molecule has 0 radical (unpaired) electrons. The Bertz CT molecular complexity index is 1070. The second-order valence-electron chi connectivity index (χ2n) is 5.18. The SMILES string of the molecule is COc1cc2nc(Cl)n3nc(-c4cnn(C)c4)nc3c2cc1OC. The number of aromatic nitrogens is 6. The lowest BCUT2D eigenvalue weighted by Gasteiger charge is -2.09. The molecule has 0 fully saturated rings. The number of ether oxygens (including phenoxy) is 2. The van der Waals surface area contributed by atoms with Gasteiger partial charge in [-0.3, -0.25) is 4.68 Å². The highest BCUT2D eigenvalue weighted by Gasteiger charge is 2.17. The van der Waals surface area contributed by atoms with E-state index in [4.69, 9.17) is 21.1 Å². The van der Waals surface area contributed by atoms with E-state index in [1.165, 1.54) is 4.52 Å². The lowest BCUT2D eigenvalue weighted by atomic mass is 10.2. The van der Waals surface area contributed by atoms with Crippen LogP contribution in [0.25, 0.3) is 27.9 Å². The van der Waals surface area contributed by atoms with E-state index in [2.05, 4.69) is 20.2 Å². The van der Waals surface area contributed by atoms with Crippen molar-refractivity contribution in [2.45, 2.75) is 0 Å². The summed E-state index contributed by atoms with van der Waals surface area (Å²) in [6.45, 7) is 0. The standard InChI is InChI=1S/C15H13ClN6O2/c1-21-7-8(6-17-21)13-19-14-9-4-11(23-2)12(24-3)5-10(9)18-15(16)22(14)20-13/h4-7H,1-3H3. The third-order valence-electron chi connectivity index (χ3n) is 3.70. The number of aryl methyl sites for hydroxylation is 1. The van der Waals surface area contributed by atoms with Gasteiger partial charge in [-0.2, -0.15) is 9.61 Å². The van der Waals surface area contributed by atoms with E-state index in [0.717, 1.165) is 10.9 Å². The van der Waals surface area contributed by atoms with Crippen LogP contribution in [0.2, 0.25) is 5.28 Å². The third-order valence-corrected chi connectivity index (χ3v) is 3.95. The first-order valence-electron chi connectivity index (χ1n) is 7.07. The van der Waals surface area contributed by atoms with E-state index < -0.39 is 0 Å². The quantitative estimate of drug-likeness (QED) is 0.531. The van der Waals surface area contributed by atoms with Gasteiger partial charge in [0.2, 0.25) is 5.28 Å². The van der Waals surface area contributed by atoms with Crippen LogP contribution >= 0.6 is 11.6 Å². The summed E-state index contributed by atoms with van der Waals surface area (Å²) in [5.74, 6) is 1.68. The third kappa shape index (κ3) is 2.15. The van der Waals surface area contributed by atoms with Crippen LogP contribution in [0.1, 0.15) is 0 Å². The molecule has 4 aromatic rings. The van der Waals surface area contributed by atoms with Crippen molar-refractivity contribution < 1.29 is 9.47 Å². The average Bonchev–Trinajstić information content (AvgIpc) is 3.20. The minimum atomic E-state index is 0.215. The van der Waals surface area contributed by atoms with Gasteiger partial charge in [0.05, 0.1) is 31.5 Å². The van der Waals surface area contributed by atoms with Crippen molar-refractivity contribution in [3.05, 3.63) is 29.8 Å². The lowest BCUT2D eigenvalue weighted by Crippen LogP contribution is -1.97. The van der Waals surface area contributed by atoms with E-state index in [9.17, 15) is 0 Å². The van der Waals surface area contributed by atoms with Gasteiger partial charge in [-0.15, -0.1) is 5.10 Å². The summed E-state index contributed by atoms with van der Waals surface area (Å²) < 4.78 is 13.9. The van der Waals surface area contributed by atoms with Crippen molar-refractivity contribution in [1.29, 1.82) is 0 Å². The van der Waals surface area contributed by atoms with Crippen LogP contribution in [-0.4, -0.2) is 43.6 Å². The average molecular weight is 345 g/mol. The molecule has 0 aliphatic carbocycles. The Hall–Kier alpha value is -2.87. The fourth-order valence-electron chi connectivity index (χ4n) is 2.56. The maximum atomic E-state index is 6.27. The minimum absolute atomic E-state index is 0.215. The summed E-state index contributed by atoms with van der Waals surface area (Å²) in [6.07, 6.45) is 3.53. The molecule has 3 aromatic heterocycles. The molecule has 0 N–H and O–H groups in total. The second-order valence-corrected chi connectivity index (χ2v) is 5.52. The van der Waals surface area contributed by atoms with Crippen molar-refractivity contribution in [3.63, 3.8) is 0 Å². The molecule has 1 aromatic carbocycles. The highest BCUT2D eigenvalue weighted by molar-refractivity contribution is 6.29. The van der Waals surface area contributed by atoms with Crippen LogP contribution in [0.3, 0.4) is 0 Å². The van der Waals surface area contributed by atoms with Gasteiger partial charge in [0.1, 0.15) is 0 Å². The van der Waals surface area contributed by atoms with Crippen LogP contribution in [-0.2, 0) is 7.05 Å². The molecule has 8 nitrogen and oxygen atoms in total. The summed E-state index contributed by atoms with van der Waals surface area (Å²) >= 11 is 6.27. The molecule has 0 unspecified atom stereocenters. The molecule has 0 amide bonds. The number of methoxy groups -OCH3 is 2. The van der Waals surface area contributed by atoms with Crippen LogP contribution in [0.5, 0.6) is 11.5 Å². The highest BCUT2D eigenvalue weighted by Crippen LogP contribution is 2.34. The number of hydrogen-bond acceptors (Lipinski definition) is 6. The summed E-state index contributed by atoms with van der Waals surface area (Å²) in [5, 5.41) is 9.55. The van der Waals surface area contributed by atoms with Gasteiger partial charge in [0.25, 0.3) is 0 Å². The molecule has 4 rings (SSSR count). The molecule has 0 bridgehead atoms. The van der Waals surface area contributed by atoms with E-state index in [0.29, 0.717) is 28.5 Å². The predicted octanol–water partition coefficient (Wildman–Crippen LogP) is 2.35. The lowest BCUT2D eigenvalue weighted by molar-refractivity contribution is 0.356. The van der Waals surface area contributed by atoms with Crippen molar-refractivity contribution in [1.82, 2.24) is 29.4 Å². The molecule has 0 saturated heterocycles. The fourth-order valence-corrected chi connectivity index (χ4v) is 2.77. The van der Waals surface area contributed by atoms with E-state index >= 15 is 0 Å². The number of fused-ring (bicyclic) bond motifs is 3. The Kier molecular flexibility index (Phi) is 3.27. The summed E-state index contributed by atoms with van der Waals surface area (Å²) in [6, 6.07) is 3.58. The smallest absolute Gasteiger partial charge is 0.226 e. The Labute approximate surface area is 141 Å². The molecule has 0 aliphatic heterocycles. The summed E-state index contributed by atoms with van der Waals surface area (Å²) in [5.41, 5.74) is 2.03. The first kappa shape index (κ1) is 14.7. The van der Waals surface area contributed by atoms with Crippen LogP contribution < -0.4 is 9.47 Å². The zero-order valence-electron chi connectivity index (χ0n) is 13.2. The molecule has 3 heterocycles. The molecule has 0 saturated carbocycles. The van der Waals surface area contributed by atoms with Crippen LogP contribution in [0.4, 0.5) is 0 Å².